The first kappa shape index (κ1) is 14.2. The molecule has 0 aliphatic rings. The van der Waals surface area contributed by atoms with Crippen LogP contribution >= 0.6 is 15.9 Å². The van der Waals surface area contributed by atoms with Gasteiger partial charge in [0.15, 0.2) is 0 Å². The smallest absolute Gasteiger partial charge is 0.252 e. The normalized spacial score (nSPS) is 12.2. The molecule has 0 fully saturated rings. The summed E-state index contributed by atoms with van der Waals surface area (Å²) < 4.78 is 0.854. The number of halogens is 1. The van der Waals surface area contributed by atoms with E-state index in [9.17, 15) is 4.79 Å². The predicted molar refractivity (Wildman–Crippen MR) is 75.3 cm³/mol. The number of carbonyl (C=O) groups is 1. The molecule has 0 radical (unpaired) electrons. The predicted octanol–water partition coefficient (Wildman–Crippen LogP) is 4.07. The minimum Gasteiger partial charge on any atom is -0.349 e. The second-order valence-electron chi connectivity index (χ2n) is 4.35. The maximum atomic E-state index is 12.1. The number of amides is 1. The van der Waals surface area contributed by atoms with E-state index in [-0.39, 0.29) is 11.9 Å². The Morgan fingerprint density at radius 1 is 1.41 bits per heavy atom. The fourth-order valence-electron chi connectivity index (χ4n) is 1.80. The van der Waals surface area contributed by atoms with E-state index in [4.69, 9.17) is 0 Å². The van der Waals surface area contributed by atoms with Crippen LogP contribution in [0.2, 0.25) is 0 Å². The molecule has 3 heteroatoms. The number of carbonyl (C=O) groups excluding carboxylic acids is 1. The summed E-state index contributed by atoms with van der Waals surface area (Å²) in [5.74, 6) is 0.0147. The van der Waals surface area contributed by atoms with Gasteiger partial charge < -0.3 is 5.32 Å². The van der Waals surface area contributed by atoms with E-state index in [1.165, 1.54) is 0 Å². The number of rotatable bonds is 5. The third-order valence-electron chi connectivity index (χ3n) is 2.83. The highest BCUT2D eigenvalue weighted by Crippen LogP contribution is 2.18. The van der Waals surface area contributed by atoms with Gasteiger partial charge in [0.05, 0.1) is 5.56 Å². The Morgan fingerprint density at radius 2 is 2.12 bits per heavy atom. The molecular weight excluding hydrogens is 278 g/mol. The van der Waals surface area contributed by atoms with Crippen LogP contribution in [0.15, 0.2) is 22.7 Å². The van der Waals surface area contributed by atoms with E-state index in [1.54, 1.807) is 0 Å². The molecule has 94 valence electrons. The van der Waals surface area contributed by atoms with Gasteiger partial charge in [-0.2, -0.15) is 0 Å². The van der Waals surface area contributed by atoms with Crippen molar-refractivity contribution in [2.45, 2.75) is 46.1 Å². The van der Waals surface area contributed by atoms with Gasteiger partial charge >= 0.3 is 0 Å². The van der Waals surface area contributed by atoms with Gasteiger partial charge in [0.2, 0.25) is 0 Å². The Morgan fingerprint density at radius 3 is 2.71 bits per heavy atom. The highest BCUT2D eigenvalue weighted by atomic mass is 79.9. The first-order chi connectivity index (χ1) is 8.08. The van der Waals surface area contributed by atoms with Crippen LogP contribution in [0.25, 0.3) is 0 Å². The van der Waals surface area contributed by atoms with E-state index in [0.717, 1.165) is 34.9 Å². The lowest BCUT2D eigenvalue weighted by atomic mass is 10.1. The molecule has 0 aliphatic heterocycles. The van der Waals surface area contributed by atoms with E-state index in [0.29, 0.717) is 0 Å². The van der Waals surface area contributed by atoms with E-state index >= 15 is 0 Å². The summed E-state index contributed by atoms with van der Waals surface area (Å²) in [5.41, 5.74) is 1.82. The Bertz CT molecular complexity index is 390. The zero-order valence-corrected chi connectivity index (χ0v) is 12.3. The molecule has 0 aliphatic carbocycles. The second-order valence-corrected chi connectivity index (χ2v) is 5.20. The molecule has 1 atom stereocenters. The molecule has 1 aromatic rings. The number of nitrogens with one attached hydrogen (secondary N) is 1. The van der Waals surface area contributed by atoms with Crippen molar-refractivity contribution in [3.63, 3.8) is 0 Å². The molecule has 0 heterocycles. The summed E-state index contributed by atoms with van der Waals surface area (Å²) in [7, 11) is 0. The molecule has 1 rings (SSSR count). The second kappa shape index (κ2) is 6.80. The largest absolute Gasteiger partial charge is 0.349 e. The minimum absolute atomic E-state index is 0.0147. The van der Waals surface area contributed by atoms with Crippen molar-refractivity contribution in [2.24, 2.45) is 0 Å². The molecule has 1 amide bonds. The van der Waals surface area contributed by atoms with E-state index in [1.807, 2.05) is 25.1 Å². The zero-order valence-electron chi connectivity index (χ0n) is 10.7. The highest BCUT2D eigenvalue weighted by Gasteiger charge is 2.14. The van der Waals surface area contributed by atoms with E-state index < -0.39 is 0 Å². The lowest BCUT2D eigenvalue weighted by molar-refractivity contribution is 0.0933. The van der Waals surface area contributed by atoms with Gasteiger partial charge in [0.1, 0.15) is 0 Å². The van der Waals surface area contributed by atoms with Crippen molar-refractivity contribution in [3.05, 3.63) is 33.8 Å². The van der Waals surface area contributed by atoms with Gasteiger partial charge in [-0.3, -0.25) is 4.79 Å². The zero-order chi connectivity index (χ0) is 12.8. The topological polar surface area (TPSA) is 29.1 Å². The molecule has 1 aromatic carbocycles. The SMILES string of the molecule is CCCC(CC)NC(=O)c1cc(C)ccc1Br. The third kappa shape index (κ3) is 4.15. The summed E-state index contributed by atoms with van der Waals surface area (Å²) >= 11 is 3.42. The first-order valence-corrected chi connectivity index (χ1v) is 6.94. The Hall–Kier alpha value is -0.830. The molecule has 0 bridgehead atoms. The number of hydrogen-bond acceptors (Lipinski definition) is 1. The van der Waals surface area contributed by atoms with Crippen molar-refractivity contribution in [1.29, 1.82) is 0 Å². The fraction of sp³-hybridized carbons (Fsp3) is 0.500. The van der Waals surface area contributed by atoms with Crippen LogP contribution in [0.3, 0.4) is 0 Å². The van der Waals surface area contributed by atoms with Crippen molar-refractivity contribution in [2.75, 3.05) is 0 Å². The summed E-state index contributed by atoms with van der Waals surface area (Å²) in [6.07, 6.45) is 3.10. The van der Waals surface area contributed by atoms with Crippen LogP contribution in [-0.4, -0.2) is 11.9 Å². The summed E-state index contributed by atoms with van der Waals surface area (Å²) in [5, 5.41) is 3.08. The van der Waals surface area contributed by atoms with Crippen LogP contribution in [0, 0.1) is 6.92 Å². The van der Waals surface area contributed by atoms with Gasteiger partial charge in [-0.1, -0.05) is 31.9 Å². The summed E-state index contributed by atoms with van der Waals surface area (Å²) in [6.45, 7) is 6.23. The van der Waals surface area contributed by atoms with Gasteiger partial charge in [-0.15, -0.1) is 0 Å². The number of aryl methyl sites for hydroxylation is 1. The summed E-state index contributed by atoms with van der Waals surface area (Å²) in [6, 6.07) is 6.10. The average Bonchev–Trinajstić information content (AvgIpc) is 2.31. The van der Waals surface area contributed by atoms with Gasteiger partial charge in [0.25, 0.3) is 5.91 Å². The maximum absolute atomic E-state index is 12.1. The Kier molecular flexibility index (Phi) is 5.69. The third-order valence-corrected chi connectivity index (χ3v) is 3.52. The fourth-order valence-corrected chi connectivity index (χ4v) is 2.23. The maximum Gasteiger partial charge on any atom is 0.252 e. The van der Waals surface area contributed by atoms with Gasteiger partial charge in [-0.25, -0.2) is 0 Å². The molecule has 17 heavy (non-hydrogen) atoms. The molecule has 1 N–H and O–H groups in total. The number of hydrogen-bond donors (Lipinski definition) is 1. The molecule has 0 spiro atoms. The minimum atomic E-state index is 0.0147. The highest BCUT2D eigenvalue weighted by molar-refractivity contribution is 9.10. The molecule has 0 saturated heterocycles. The molecule has 2 nitrogen and oxygen atoms in total. The molecule has 0 aromatic heterocycles. The lowest BCUT2D eigenvalue weighted by Crippen LogP contribution is -2.34. The van der Waals surface area contributed by atoms with Crippen LogP contribution in [0.5, 0.6) is 0 Å². The van der Waals surface area contributed by atoms with E-state index in [2.05, 4.69) is 35.1 Å². The molecule has 1 unspecified atom stereocenters. The quantitative estimate of drug-likeness (QED) is 0.872. The first-order valence-electron chi connectivity index (χ1n) is 6.15. The van der Waals surface area contributed by atoms with Crippen molar-refractivity contribution >= 4 is 21.8 Å². The van der Waals surface area contributed by atoms with Crippen LogP contribution in [-0.2, 0) is 0 Å². The van der Waals surface area contributed by atoms with Gasteiger partial charge in [0, 0.05) is 10.5 Å². The van der Waals surface area contributed by atoms with Crippen LogP contribution < -0.4 is 5.32 Å². The van der Waals surface area contributed by atoms with Gasteiger partial charge in [-0.05, 0) is 47.8 Å². The Labute approximate surface area is 112 Å². The monoisotopic (exact) mass is 297 g/mol. The Balaban J connectivity index is 2.78. The van der Waals surface area contributed by atoms with Crippen molar-refractivity contribution < 1.29 is 4.79 Å². The van der Waals surface area contributed by atoms with Crippen molar-refractivity contribution in [3.8, 4) is 0 Å². The number of benzene rings is 1. The standard InChI is InChI=1S/C14H20BrNO/c1-4-6-11(5-2)16-14(17)12-9-10(3)7-8-13(12)15/h7-9,11H,4-6H2,1-3H3,(H,16,17). The van der Waals surface area contributed by atoms with Crippen molar-refractivity contribution in [1.82, 2.24) is 5.32 Å². The molecular formula is C14H20BrNO. The average molecular weight is 298 g/mol. The molecule has 0 saturated carbocycles. The van der Waals surface area contributed by atoms with Crippen LogP contribution in [0.1, 0.15) is 49.0 Å². The summed E-state index contributed by atoms with van der Waals surface area (Å²) in [4.78, 5) is 12.1. The lowest BCUT2D eigenvalue weighted by Gasteiger charge is -2.16. The van der Waals surface area contributed by atoms with Crippen LogP contribution in [0.4, 0.5) is 0 Å².